The van der Waals surface area contributed by atoms with Gasteiger partial charge in [-0.2, -0.15) is 0 Å². The van der Waals surface area contributed by atoms with Gasteiger partial charge in [-0.05, 0) is 39.0 Å². The molecule has 1 aromatic rings. The van der Waals surface area contributed by atoms with Gasteiger partial charge in [-0.1, -0.05) is 12.2 Å². The van der Waals surface area contributed by atoms with E-state index >= 15 is 0 Å². The highest BCUT2D eigenvalue weighted by Crippen LogP contribution is 2.31. The minimum absolute atomic E-state index is 0.235. The van der Waals surface area contributed by atoms with E-state index in [0.29, 0.717) is 11.8 Å². The number of rotatable bonds is 2. The zero-order valence-electron chi connectivity index (χ0n) is 12.0. The Kier molecular flexibility index (Phi) is 4.20. The van der Waals surface area contributed by atoms with Crippen LogP contribution in [0, 0.1) is 12.8 Å². The Morgan fingerprint density at radius 1 is 1.30 bits per heavy atom. The van der Waals surface area contributed by atoms with Crippen molar-refractivity contribution in [2.75, 3.05) is 13.1 Å². The predicted octanol–water partition coefficient (Wildman–Crippen LogP) is 3.51. The van der Waals surface area contributed by atoms with Crippen LogP contribution in [-0.4, -0.2) is 28.9 Å². The lowest BCUT2D eigenvalue weighted by atomic mass is 9.91. The first-order chi connectivity index (χ1) is 9.74. The van der Waals surface area contributed by atoms with Gasteiger partial charge in [0, 0.05) is 36.0 Å². The lowest BCUT2D eigenvalue weighted by Gasteiger charge is -2.34. The van der Waals surface area contributed by atoms with Crippen LogP contribution >= 0.6 is 11.3 Å². The van der Waals surface area contributed by atoms with Crippen LogP contribution in [-0.2, 0) is 4.79 Å². The topological polar surface area (TPSA) is 33.2 Å². The molecule has 1 aliphatic carbocycles. The van der Waals surface area contributed by atoms with Gasteiger partial charge in [-0.3, -0.25) is 4.79 Å². The van der Waals surface area contributed by atoms with Crippen LogP contribution in [0.15, 0.2) is 17.5 Å². The highest BCUT2D eigenvalue weighted by molar-refractivity contribution is 7.09. The molecule has 0 aromatic carbocycles. The molecule has 3 rings (SSSR count). The molecule has 20 heavy (non-hydrogen) atoms. The van der Waals surface area contributed by atoms with Crippen molar-refractivity contribution in [3.8, 4) is 0 Å². The van der Waals surface area contributed by atoms with Crippen LogP contribution in [0.2, 0.25) is 0 Å². The van der Waals surface area contributed by atoms with Crippen LogP contribution in [0.4, 0.5) is 0 Å². The number of likely N-dealkylation sites (tertiary alicyclic amines) is 1. The van der Waals surface area contributed by atoms with E-state index in [-0.39, 0.29) is 5.92 Å². The second kappa shape index (κ2) is 6.08. The van der Waals surface area contributed by atoms with E-state index in [9.17, 15) is 4.79 Å². The summed E-state index contributed by atoms with van der Waals surface area (Å²) in [6, 6.07) is 0. The minimum atomic E-state index is 0.235. The van der Waals surface area contributed by atoms with Crippen molar-refractivity contribution in [1.29, 1.82) is 0 Å². The first-order valence-corrected chi connectivity index (χ1v) is 8.48. The summed E-state index contributed by atoms with van der Waals surface area (Å²) in [5.41, 5.74) is 1.12. The van der Waals surface area contributed by atoms with Crippen LogP contribution in [0.1, 0.15) is 48.7 Å². The monoisotopic (exact) mass is 290 g/mol. The van der Waals surface area contributed by atoms with E-state index in [4.69, 9.17) is 0 Å². The number of piperidine rings is 1. The Balaban J connectivity index is 1.55. The molecule has 3 nitrogen and oxygen atoms in total. The van der Waals surface area contributed by atoms with Crippen LogP contribution in [0.5, 0.6) is 0 Å². The minimum Gasteiger partial charge on any atom is -0.342 e. The van der Waals surface area contributed by atoms with Crippen molar-refractivity contribution in [2.45, 2.75) is 44.9 Å². The van der Waals surface area contributed by atoms with Crippen LogP contribution in [0.3, 0.4) is 0 Å². The normalized spacial score (nSPS) is 24.1. The van der Waals surface area contributed by atoms with Crippen molar-refractivity contribution in [3.63, 3.8) is 0 Å². The maximum atomic E-state index is 12.5. The van der Waals surface area contributed by atoms with Gasteiger partial charge in [0.25, 0.3) is 0 Å². The summed E-state index contributed by atoms with van der Waals surface area (Å²) >= 11 is 1.77. The smallest absolute Gasteiger partial charge is 0.226 e. The fourth-order valence-electron chi connectivity index (χ4n) is 3.18. The second-order valence-electron chi connectivity index (χ2n) is 5.91. The average Bonchev–Trinajstić information content (AvgIpc) is 2.94. The first-order valence-electron chi connectivity index (χ1n) is 7.60. The molecule has 1 aromatic heterocycles. The standard InChI is InChI=1S/C16H22N2OS/c1-12-11-20-15(17-12)13-7-9-18(10-8-13)16(19)14-5-3-2-4-6-14/h2-3,11,13-14H,4-10H2,1H3/t14-/m0/s1. The fraction of sp³-hybridized carbons (Fsp3) is 0.625. The highest BCUT2D eigenvalue weighted by atomic mass is 32.1. The van der Waals surface area contributed by atoms with E-state index < -0.39 is 0 Å². The number of hydrogen-bond donors (Lipinski definition) is 0. The third-order valence-corrected chi connectivity index (χ3v) is 5.54. The molecular formula is C16H22N2OS. The molecule has 1 saturated heterocycles. The number of allylic oxidation sites excluding steroid dienone is 2. The van der Waals surface area contributed by atoms with Crippen molar-refractivity contribution >= 4 is 17.2 Å². The molecule has 0 bridgehead atoms. The molecule has 1 fully saturated rings. The lowest BCUT2D eigenvalue weighted by molar-refractivity contribution is -0.136. The second-order valence-corrected chi connectivity index (χ2v) is 6.80. The van der Waals surface area contributed by atoms with Crippen LogP contribution in [0.25, 0.3) is 0 Å². The maximum Gasteiger partial charge on any atom is 0.226 e. The average molecular weight is 290 g/mol. The Morgan fingerprint density at radius 3 is 2.70 bits per heavy atom. The molecule has 2 heterocycles. The molecule has 2 aliphatic rings. The number of aromatic nitrogens is 1. The number of thiazole rings is 1. The van der Waals surface area contributed by atoms with Gasteiger partial charge in [0.15, 0.2) is 0 Å². The predicted molar refractivity (Wildman–Crippen MR) is 81.9 cm³/mol. The molecule has 108 valence electrons. The summed E-state index contributed by atoms with van der Waals surface area (Å²) < 4.78 is 0. The molecule has 0 N–H and O–H groups in total. The molecule has 0 saturated carbocycles. The number of aryl methyl sites for hydroxylation is 1. The Labute approximate surface area is 124 Å². The van der Waals surface area contributed by atoms with Gasteiger partial charge in [0.2, 0.25) is 5.91 Å². The molecule has 4 heteroatoms. The molecule has 1 aliphatic heterocycles. The summed E-state index contributed by atoms with van der Waals surface area (Å²) in [5.74, 6) is 1.17. The fourth-order valence-corrected chi connectivity index (χ4v) is 4.15. The molecule has 0 radical (unpaired) electrons. The number of nitrogens with zero attached hydrogens (tertiary/aromatic N) is 2. The summed E-state index contributed by atoms with van der Waals surface area (Å²) in [7, 11) is 0. The Morgan fingerprint density at radius 2 is 2.10 bits per heavy atom. The molecule has 0 unspecified atom stereocenters. The quantitative estimate of drug-likeness (QED) is 0.781. The number of amides is 1. The van der Waals surface area contributed by atoms with Gasteiger partial charge < -0.3 is 4.90 Å². The Hall–Kier alpha value is -1.16. The van der Waals surface area contributed by atoms with Crippen molar-refractivity contribution in [2.24, 2.45) is 5.92 Å². The third kappa shape index (κ3) is 2.95. The summed E-state index contributed by atoms with van der Waals surface area (Å²) in [6.07, 6.45) is 9.52. The van der Waals surface area contributed by atoms with Crippen molar-refractivity contribution in [3.05, 3.63) is 28.2 Å². The molecular weight excluding hydrogens is 268 g/mol. The SMILES string of the molecule is Cc1csc(C2CCN(C(=O)[C@H]3CC=CCC3)CC2)n1. The van der Waals surface area contributed by atoms with Crippen molar-refractivity contribution in [1.82, 2.24) is 9.88 Å². The lowest BCUT2D eigenvalue weighted by Crippen LogP contribution is -2.41. The molecule has 1 amide bonds. The molecule has 1 atom stereocenters. The summed E-state index contributed by atoms with van der Waals surface area (Å²) in [4.78, 5) is 19.2. The van der Waals surface area contributed by atoms with Crippen molar-refractivity contribution < 1.29 is 4.79 Å². The van der Waals surface area contributed by atoms with E-state index in [2.05, 4.69) is 34.3 Å². The number of carbonyl (C=O) groups excluding carboxylic acids is 1. The zero-order valence-corrected chi connectivity index (χ0v) is 12.9. The van der Waals surface area contributed by atoms with E-state index in [1.165, 1.54) is 5.01 Å². The Bertz CT molecular complexity index is 500. The first kappa shape index (κ1) is 13.8. The summed E-state index contributed by atoms with van der Waals surface area (Å²) in [5, 5.41) is 3.39. The van der Waals surface area contributed by atoms with Gasteiger partial charge in [-0.25, -0.2) is 4.98 Å². The van der Waals surface area contributed by atoms with E-state index in [1.54, 1.807) is 11.3 Å². The third-order valence-electron chi connectivity index (χ3n) is 4.41. The molecule has 0 spiro atoms. The highest BCUT2D eigenvalue weighted by Gasteiger charge is 2.29. The number of carbonyl (C=O) groups is 1. The van der Waals surface area contributed by atoms with Crippen LogP contribution < -0.4 is 0 Å². The van der Waals surface area contributed by atoms with Gasteiger partial charge in [-0.15, -0.1) is 11.3 Å². The van der Waals surface area contributed by atoms with Gasteiger partial charge >= 0.3 is 0 Å². The maximum absolute atomic E-state index is 12.5. The van der Waals surface area contributed by atoms with E-state index in [0.717, 1.165) is 50.9 Å². The number of hydrogen-bond acceptors (Lipinski definition) is 3. The largest absolute Gasteiger partial charge is 0.342 e. The van der Waals surface area contributed by atoms with E-state index in [1.807, 2.05) is 0 Å². The van der Waals surface area contributed by atoms with Gasteiger partial charge in [0.05, 0.1) is 5.01 Å². The zero-order chi connectivity index (χ0) is 13.9. The summed E-state index contributed by atoms with van der Waals surface area (Å²) in [6.45, 7) is 3.86. The van der Waals surface area contributed by atoms with Gasteiger partial charge in [0.1, 0.15) is 0 Å².